The van der Waals surface area contributed by atoms with Crippen molar-refractivity contribution >= 4 is 5.97 Å². The van der Waals surface area contributed by atoms with Gasteiger partial charge in [0.05, 0.1) is 0 Å². The summed E-state index contributed by atoms with van der Waals surface area (Å²) in [5, 5.41) is 1.83. The zero-order chi connectivity index (χ0) is 9.68. The highest BCUT2D eigenvalue weighted by atomic mass is 16.7. The van der Waals surface area contributed by atoms with Crippen LogP contribution >= 0.6 is 0 Å². The molecule has 0 amide bonds. The first-order chi connectivity index (χ1) is 6.24. The lowest BCUT2D eigenvalue weighted by Gasteiger charge is -2.31. The largest absolute Gasteiger partial charge is 0.368 e. The highest BCUT2D eigenvalue weighted by molar-refractivity contribution is 5.65. The van der Waals surface area contributed by atoms with Gasteiger partial charge in [-0.1, -0.05) is 19.3 Å². The Morgan fingerprint density at radius 1 is 1.38 bits per heavy atom. The summed E-state index contributed by atoms with van der Waals surface area (Å²) in [6.45, 7) is 4.28. The smallest absolute Gasteiger partial charge is 0.322 e. The van der Waals surface area contributed by atoms with Crippen LogP contribution in [0.5, 0.6) is 0 Å². The van der Waals surface area contributed by atoms with Crippen LogP contribution in [-0.2, 0) is 9.63 Å². The summed E-state index contributed by atoms with van der Waals surface area (Å²) in [4.78, 5) is 15.9. The monoisotopic (exact) mass is 185 g/mol. The summed E-state index contributed by atoms with van der Waals surface area (Å²) in [6, 6.07) is 0.461. The maximum Gasteiger partial charge on any atom is 0.322 e. The number of hydroxylamine groups is 2. The van der Waals surface area contributed by atoms with Crippen LogP contribution in [0.4, 0.5) is 0 Å². The minimum atomic E-state index is -0.201. The Bertz CT molecular complexity index is 164. The molecule has 0 aromatic carbocycles. The second-order valence-corrected chi connectivity index (χ2v) is 3.61. The van der Waals surface area contributed by atoms with Crippen LogP contribution in [0.25, 0.3) is 0 Å². The Kier molecular flexibility index (Phi) is 4.22. The van der Waals surface area contributed by atoms with Gasteiger partial charge >= 0.3 is 5.97 Å². The Morgan fingerprint density at radius 2 is 2.00 bits per heavy atom. The summed E-state index contributed by atoms with van der Waals surface area (Å²) in [5.41, 5.74) is 0. The van der Waals surface area contributed by atoms with E-state index in [1.807, 2.05) is 12.0 Å². The fraction of sp³-hybridized carbons (Fsp3) is 0.900. The molecule has 1 saturated carbocycles. The molecule has 0 aromatic rings. The lowest BCUT2D eigenvalue weighted by atomic mass is 9.95. The van der Waals surface area contributed by atoms with Crippen LogP contribution in [-0.4, -0.2) is 23.6 Å². The van der Waals surface area contributed by atoms with Crippen LogP contribution in [0.3, 0.4) is 0 Å². The molecule has 3 nitrogen and oxygen atoms in total. The topological polar surface area (TPSA) is 29.5 Å². The van der Waals surface area contributed by atoms with Crippen molar-refractivity contribution in [1.29, 1.82) is 0 Å². The van der Waals surface area contributed by atoms with E-state index in [0.29, 0.717) is 6.04 Å². The molecular weight excluding hydrogens is 166 g/mol. The summed E-state index contributed by atoms with van der Waals surface area (Å²) in [6.07, 6.45) is 6.20. The molecule has 0 spiro atoms. The maximum atomic E-state index is 10.8. The van der Waals surface area contributed by atoms with Gasteiger partial charge in [-0.05, 0) is 19.8 Å². The van der Waals surface area contributed by atoms with E-state index in [1.54, 1.807) is 0 Å². The molecule has 3 heteroatoms. The third-order valence-corrected chi connectivity index (χ3v) is 2.54. The van der Waals surface area contributed by atoms with E-state index in [1.165, 1.54) is 39.0 Å². The van der Waals surface area contributed by atoms with Crippen LogP contribution < -0.4 is 0 Å². The Morgan fingerprint density at radius 3 is 2.46 bits per heavy atom. The van der Waals surface area contributed by atoms with Gasteiger partial charge in [-0.15, -0.1) is 5.06 Å². The average Bonchev–Trinajstić information content (AvgIpc) is 2.15. The SMILES string of the molecule is CCN(OC(C)=O)C1CCCCC1. The minimum absolute atomic E-state index is 0.201. The fourth-order valence-corrected chi connectivity index (χ4v) is 1.93. The predicted molar refractivity (Wildman–Crippen MR) is 51.0 cm³/mol. The number of hydrogen-bond acceptors (Lipinski definition) is 3. The lowest BCUT2D eigenvalue weighted by Crippen LogP contribution is -2.37. The highest BCUT2D eigenvalue weighted by Gasteiger charge is 2.21. The van der Waals surface area contributed by atoms with Crippen LogP contribution in [0, 0.1) is 0 Å². The molecule has 13 heavy (non-hydrogen) atoms. The van der Waals surface area contributed by atoms with E-state index >= 15 is 0 Å². The fourth-order valence-electron chi connectivity index (χ4n) is 1.93. The van der Waals surface area contributed by atoms with E-state index in [0.717, 1.165) is 6.54 Å². The van der Waals surface area contributed by atoms with Gasteiger partial charge in [0.1, 0.15) is 0 Å². The van der Waals surface area contributed by atoms with Gasteiger partial charge in [0, 0.05) is 19.5 Å². The van der Waals surface area contributed by atoms with E-state index in [2.05, 4.69) is 0 Å². The van der Waals surface area contributed by atoms with E-state index < -0.39 is 0 Å². The molecule has 0 radical (unpaired) electrons. The summed E-state index contributed by atoms with van der Waals surface area (Å²) in [5.74, 6) is -0.201. The molecule has 1 rings (SSSR count). The quantitative estimate of drug-likeness (QED) is 0.631. The summed E-state index contributed by atoms with van der Waals surface area (Å²) in [7, 11) is 0. The van der Waals surface area contributed by atoms with E-state index in [9.17, 15) is 4.79 Å². The second kappa shape index (κ2) is 5.22. The zero-order valence-electron chi connectivity index (χ0n) is 8.58. The van der Waals surface area contributed by atoms with Gasteiger partial charge in [0.25, 0.3) is 0 Å². The Balaban J connectivity index is 2.39. The summed E-state index contributed by atoms with van der Waals surface area (Å²) >= 11 is 0. The van der Waals surface area contributed by atoms with Gasteiger partial charge < -0.3 is 4.84 Å². The van der Waals surface area contributed by atoms with Crippen LogP contribution in [0.15, 0.2) is 0 Å². The number of nitrogens with zero attached hydrogens (tertiary/aromatic N) is 1. The average molecular weight is 185 g/mol. The maximum absolute atomic E-state index is 10.8. The molecule has 1 fully saturated rings. The molecule has 0 heterocycles. The Hall–Kier alpha value is -0.570. The molecule has 1 aliphatic rings. The van der Waals surface area contributed by atoms with E-state index in [-0.39, 0.29) is 5.97 Å². The van der Waals surface area contributed by atoms with Gasteiger partial charge in [-0.25, -0.2) is 0 Å². The molecular formula is C10H19NO2. The first-order valence-corrected chi connectivity index (χ1v) is 5.19. The molecule has 0 aliphatic heterocycles. The lowest BCUT2D eigenvalue weighted by molar-refractivity contribution is -0.201. The first-order valence-electron chi connectivity index (χ1n) is 5.19. The molecule has 0 aromatic heterocycles. The van der Waals surface area contributed by atoms with Crippen LogP contribution in [0.1, 0.15) is 46.0 Å². The van der Waals surface area contributed by atoms with Gasteiger partial charge in [0.15, 0.2) is 0 Å². The van der Waals surface area contributed by atoms with Crippen molar-refractivity contribution in [2.24, 2.45) is 0 Å². The van der Waals surface area contributed by atoms with Crippen molar-refractivity contribution in [3.63, 3.8) is 0 Å². The molecule has 0 N–H and O–H groups in total. The second-order valence-electron chi connectivity index (χ2n) is 3.61. The zero-order valence-corrected chi connectivity index (χ0v) is 8.58. The molecule has 0 unspecified atom stereocenters. The third-order valence-electron chi connectivity index (χ3n) is 2.54. The van der Waals surface area contributed by atoms with E-state index in [4.69, 9.17) is 4.84 Å². The van der Waals surface area contributed by atoms with Crippen molar-refractivity contribution in [1.82, 2.24) is 5.06 Å². The van der Waals surface area contributed by atoms with Crippen molar-refractivity contribution in [3.8, 4) is 0 Å². The number of hydrogen-bond donors (Lipinski definition) is 0. The van der Waals surface area contributed by atoms with Crippen molar-refractivity contribution in [3.05, 3.63) is 0 Å². The molecule has 0 bridgehead atoms. The van der Waals surface area contributed by atoms with Gasteiger partial charge in [0.2, 0.25) is 0 Å². The van der Waals surface area contributed by atoms with Crippen molar-refractivity contribution in [2.45, 2.75) is 52.0 Å². The third kappa shape index (κ3) is 3.35. The van der Waals surface area contributed by atoms with Crippen molar-refractivity contribution < 1.29 is 9.63 Å². The molecule has 0 saturated heterocycles. The predicted octanol–water partition coefficient (Wildman–Crippen LogP) is 2.12. The molecule has 1 aliphatic carbocycles. The number of rotatable bonds is 3. The standard InChI is InChI=1S/C10H19NO2/c1-3-11(13-9(2)12)10-7-5-4-6-8-10/h10H,3-8H2,1-2H3. The minimum Gasteiger partial charge on any atom is -0.368 e. The first kappa shape index (κ1) is 10.5. The van der Waals surface area contributed by atoms with Crippen molar-refractivity contribution in [2.75, 3.05) is 6.54 Å². The Labute approximate surface area is 80.0 Å². The van der Waals surface area contributed by atoms with Crippen LogP contribution in [0.2, 0.25) is 0 Å². The summed E-state index contributed by atoms with van der Waals surface area (Å²) < 4.78 is 0. The molecule has 76 valence electrons. The normalized spacial score (nSPS) is 19.0. The molecule has 0 atom stereocenters. The van der Waals surface area contributed by atoms with Gasteiger partial charge in [-0.3, -0.25) is 4.79 Å². The highest BCUT2D eigenvalue weighted by Crippen LogP contribution is 2.22. The number of carbonyl (C=O) groups is 1. The van der Waals surface area contributed by atoms with Gasteiger partial charge in [-0.2, -0.15) is 0 Å². The number of carbonyl (C=O) groups excluding carboxylic acids is 1.